The van der Waals surface area contributed by atoms with Crippen LogP contribution >= 0.6 is 11.3 Å². The van der Waals surface area contributed by atoms with Gasteiger partial charge in [0, 0.05) is 24.4 Å². The van der Waals surface area contributed by atoms with Crippen molar-refractivity contribution in [3.05, 3.63) is 41.8 Å². The monoisotopic (exact) mass is 502 g/mol. The van der Waals surface area contributed by atoms with Gasteiger partial charge in [-0.2, -0.15) is 4.31 Å². The number of furan rings is 1. The van der Waals surface area contributed by atoms with Crippen LogP contribution in [0.1, 0.15) is 19.8 Å². The Morgan fingerprint density at radius 1 is 1.21 bits per heavy atom. The third-order valence-corrected chi connectivity index (χ3v) is 8.86. The number of anilines is 1. The number of para-hydroxylation sites is 1. The number of piperidine rings is 1. The van der Waals surface area contributed by atoms with Gasteiger partial charge >= 0.3 is 6.01 Å². The molecule has 0 unspecified atom stereocenters. The van der Waals surface area contributed by atoms with Crippen molar-refractivity contribution >= 4 is 44.3 Å². The fraction of sp³-hybridized carbons (Fsp3) is 0.318. The Balaban J connectivity index is 1.23. The normalized spacial score (nSPS) is 15.6. The van der Waals surface area contributed by atoms with Crippen LogP contribution in [0.2, 0.25) is 0 Å². The lowest BCUT2D eigenvalue weighted by Crippen LogP contribution is -2.41. The summed E-state index contributed by atoms with van der Waals surface area (Å²) in [5.41, 5.74) is 0.576. The summed E-state index contributed by atoms with van der Waals surface area (Å²) in [5.74, 6) is 0.469. The highest BCUT2D eigenvalue weighted by atomic mass is 32.2. The summed E-state index contributed by atoms with van der Waals surface area (Å²) in [5, 5.41) is 13.1. The van der Waals surface area contributed by atoms with Gasteiger partial charge in [0.2, 0.25) is 5.91 Å². The average Bonchev–Trinajstić information content (AvgIpc) is 3.60. The van der Waals surface area contributed by atoms with Crippen molar-refractivity contribution in [2.75, 3.05) is 25.0 Å². The first-order chi connectivity index (χ1) is 16.5. The van der Waals surface area contributed by atoms with E-state index in [9.17, 15) is 13.2 Å². The minimum Gasteiger partial charge on any atom is -0.490 e. The summed E-state index contributed by atoms with van der Waals surface area (Å²) >= 11 is 1.19. The van der Waals surface area contributed by atoms with Gasteiger partial charge in [0.05, 0.1) is 6.61 Å². The molecule has 0 radical (unpaired) electrons. The summed E-state index contributed by atoms with van der Waals surface area (Å²) < 4.78 is 44.1. The Hall–Kier alpha value is -3.22. The molecule has 0 spiro atoms. The Morgan fingerprint density at radius 3 is 2.76 bits per heavy atom. The van der Waals surface area contributed by atoms with Gasteiger partial charge in [0.1, 0.15) is 4.21 Å². The van der Waals surface area contributed by atoms with Crippen molar-refractivity contribution in [2.45, 2.75) is 24.0 Å². The van der Waals surface area contributed by atoms with Crippen molar-refractivity contribution in [3.8, 4) is 17.4 Å². The molecule has 1 aliphatic rings. The van der Waals surface area contributed by atoms with Crippen LogP contribution in [-0.4, -0.2) is 48.5 Å². The first-order valence-electron chi connectivity index (χ1n) is 10.8. The molecule has 1 fully saturated rings. The Bertz CT molecular complexity index is 1400. The maximum absolute atomic E-state index is 12.7. The van der Waals surface area contributed by atoms with E-state index in [1.807, 2.05) is 25.1 Å². The van der Waals surface area contributed by atoms with Crippen molar-refractivity contribution in [1.29, 1.82) is 0 Å². The highest BCUT2D eigenvalue weighted by Crippen LogP contribution is 2.33. The number of amides is 1. The lowest BCUT2D eigenvalue weighted by molar-refractivity contribution is -0.121. The van der Waals surface area contributed by atoms with Gasteiger partial charge in [-0.3, -0.25) is 10.1 Å². The number of ether oxygens (including phenoxy) is 1. The van der Waals surface area contributed by atoms with E-state index in [0.29, 0.717) is 40.8 Å². The van der Waals surface area contributed by atoms with Gasteiger partial charge < -0.3 is 13.6 Å². The number of hydrogen-bond acceptors (Lipinski definition) is 9. The molecule has 3 aromatic heterocycles. The third kappa shape index (κ3) is 4.31. The number of rotatable bonds is 7. The van der Waals surface area contributed by atoms with E-state index in [4.69, 9.17) is 13.6 Å². The van der Waals surface area contributed by atoms with E-state index in [2.05, 4.69) is 15.5 Å². The van der Waals surface area contributed by atoms with Gasteiger partial charge in [0.15, 0.2) is 17.1 Å². The lowest BCUT2D eigenvalue weighted by atomic mass is 9.97. The van der Waals surface area contributed by atoms with Crippen molar-refractivity contribution in [1.82, 2.24) is 14.5 Å². The molecule has 0 atom stereocenters. The van der Waals surface area contributed by atoms with Crippen LogP contribution in [0, 0.1) is 5.92 Å². The molecule has 10 nitrogen and oxygen atoms in total. The summed E-state index contributed by atoms with van der Waals surface area (Å²) in [6, 6.07) is 10.6. The highest BCUT2D eigenvalue weighted by Gasteiger charge is 2.33. The second-order valence-corrected chi connectivity index (χ2v) is 10.8. The Morgan fingerprint density at radius 2 is 2.03 bits per heavy atom. The average molecular weight is 503 g/mol. The fourth-order valence-electron chi connectivity index (χ4n) is 3.89. The number of thiophene rings is 1. The largest absolute Gasteiger partial charge is 0.490 e. The maximum Gasteiger partial charge on any atom is 0.322 e. The van der Waals surface area contributed by atoms with Gasteiger partial charge in [-0.05, 0) is 43.3 Å². The van der Waals surface area contributed by atoms with Crippen LogP contribution in [0.15, 0.2) is 54.8 Å². The number of carbonyl (C=O) groups is 1. The number of nitrogens with one attached hydrogen (secondary N) is 1. The minimum absolute atomic E-state index is 0.0425. The molecule has 1 N–H and O–H groups in total. The number of aromatic nitrogens is 2. The summed E-state index contributed by atoms with van der Waals surface area (Å²) in [4.78, 5) is 12.7. The number of carbonyl (C=O) groups excluding carboxylic acids is 1. The van der Waals surface area contributed by atoms with Gasteiger partial charge in [-0.15, -0.1) is 16.4 Å². The Labute approximate surface area is 199 Å². The van der Waals surface area contributed by atoms with Crippen molar-refractivity contribution < 1.29 is 26.8 Å². The molecule has 178 valence electrons. The second kappa shape index (κ2) is 9.20. The zero-order valence-electron chi connectivity index (χ0n) is 18.3. The first-order valence-corrected chi connectivity index (χ1v) is 13.1. The molecule has 34 heavy (non-hydrogen) atoms. The number of nitrogens with zero attached hydrogens (tertiary/aromatic N) is 3. The van der Waals surface area contributed by atoms with E-state index in [1.165, 1.54) is 15.6 Å². The molecular weight excluding hydrogens is 480 g/mol. The van der Waals surface area contributed by atoms with E-state index in [0.717, 1.165) is 5.39 Å². The molecule has 0 saturated carbocycles. The zero-order valence-corrected chi connectivity index (χ0v) is 19.9. The quantitative estimate of drug-likeness (QED) is 0.402. The van der Waals surface area contributed by atoms with Crippen molar-refractivity contribution in [3.63, 3.8) is 0 Å². The number of sulfonamides is 1. The molecule has 0 aliphatic carbocycles. The first kappa shape index (κ1) is 22.6. The standard InChI is InChI=1S/C22H22N4O6S2/c1-2-30-16-6-3-5-15-13-17(31-19(15)16)21-24-25-22(32-21)23-20(27)14-8-10-26(11-9-14)34(28,29)18-7-4-12-33-18/h3-7,12-14H,2,8-11H2,1H3,(H,23,25,27). The van der Waals surface area contributed by atoms with Gasteiger partial charge in [-0.1, -0.05) is 23.3 Å². The maximum atomic E-state index is 12.7. The molecule has 1 saturated heterocycles. The summed E-state index contributed by atoms with van der Waals surface area (Å²) in [6.45, 7) is 2.94. The van der Waals surface area contributed by atoms with Gasteiger partial charge in [-0.25, -0.2) is 8.42 Å². The van der Waals surface area contributed by atoms with Crippen LogP contribution in [0.4, 0.5) is 6.01 Å². The number of fused-ring (bicyclic) bond motifs is 1. The zero-order chi connectivity index (χ0) is 23.7. The predicted octanol–water partition coefficient (Wildman–Crippen LogP) is 3.98. The van der Waals surface area contributed by atoms with E-state index >= 15 is 0 Å². The predicted molar refractivity (Wildman–Crippen MR) is 125 cm³/mol. The summed E-state index contributed by atoms with van der Waals surface area (Å²) in [6.07, 6.45) is 0.808. The van der Waals surface area contributed by atoms with E-state index in [1.54, 1.807) is 23.6 Å². The molecule has 1 aliphatic heterocycles. The van der Waals surface area contributed by atoms with E-state index < -0.39 is 10.0 Å². The SMILES string of the molecule is CCOc1cccc2cc(-c3nnc(NC(=O)C4CCN(S(=O)(=O)c5cccs5)CC4)o3)oc12. The smallest absolute Gasteiger partial charge is 0.322 e. The fourth-order valence-corrected chi connectivity index (χ4v) is 6.50. The lowest BCUT2D eigenvalue weighted by Gasteiger charge is -2.29. The van der Waals surface area contributed by atoms with E-state index in [-0.39, 0.29) is 36.8 Å². The third-order valence-electron chi connectivity index (χ3n) is 5.59. The molecule has 5 rings (SSSR count). The topological polar surface area (TPSA) is 128 Å². The molecule has 12 heteroatoms. The van der Waals surface area contributed by atoms with Crippen LogP contribution < -0.4 is 10.1 Å². The molecule has 4 aromatic rings. The van der Waals surface area contributed by atoms with Crippen LogP contribution in [0.25, 0.3) is 22.6 Å². The Kier molecular flexibility index (Phi) is 6.11. The highest BCUT2D eigenvalue weighted by molar-refractivity contribution is 7.91. The molecule has 4 heterocycles. The van der Waals surface area contributed by atoms with Crippen LogP contribution in [0.5, 0.6) is 5.75 Å². The molecule has 1 aromatic carbocycles. The van der Waals surface area contributed by atoms with Crippen molar-refractivity contribution in [2.24, 2.45) is 5.92 Å². The van der Waals surface area contributed by atoms with Crippen LogP contribution in [-0.2, 0) is 14.8 Å². The summed E-state index contributed by atoms with van der Waals surface area (Å²) in [7, 11) is -3.51. The molecule has 1 amide bonds. The number of benzene rings is 1. The van der Waals surface area contributed by atoms with Gasteiger partial charge in [0.25, 0.3) is 15.9 Å². The second-order valence-electron chi connectivity index (χ2n) is 7.73. The minimum atomic E-state index is -3.51. The number of hydrogen-bond donors (Lipinski definition) is 1. The van der Waals surface area contributed by atoms with Crippen LogP contribution in [0.3, 0.4) is 0 Å². The molecule has 0 bridgehead atoms. The molecular formula is C22H22N4O6S2.